The first-order chi connectivity index (χ1) is 9.88. The number of nitrogens with one attached hydrogen (secondary N) is 1. The second-order valence-electron chi connectivity index (χ2n) is 5.31. The van der Waals surface area contributed by atoms with Crippen LogP contribution in [0.4, 0.5) is 13.2 Å². The number of rotatable bonds is 2. The molecule has 116 valence electrons. The monoisotopic (exact) mass is 319 g/mol. The van der Waals surface area contributed by atoms with Gasteiger partial charge in [0, 0.05) is 11.6 Å². The molecule has 1 aromatic carbocycles. The van der Waals surface area contributed by atoms with Gasteiger partial charge in [-0.1, -0.05) is 19.3 Å². The van der Waals surface area contributed by atoms with Crippen LogP contribution in [0.1, 0.15) is 48.0 Å². The molecule has 1 fully saturated rings. The molecule has 1 N–H and O–H groups in total. The van der Waals surface area contributed by atoms with E-state index < -0.39 is 11.7 Å². The lowest BCUT2D eigenvalue weighted by molar-refractivity contribution is -0.137. The van der Waals surface area contributed by atoms with Crippen LogP contribution in [0.2, 0.25) is 0 Å². The molecule has 6 heteroatoms. The van der Waals surface area contributed by atoms with Gasteiger partial charge in [-0.05, 0) is 37.1 Å². The summed E-state index contributed by atoms with van der Waals surface area (Å²) in [6, 6.07) is 4.10. The van der Waals surface area contributed by atoms with Crippen LogP contribution in [0.3, 0.4) is 0 Å². The predicted molar refractivity (Wildman–Crippen MR) is 75.4 cm³/mol. The Morgan fingerprint density at radius 2 is 1.71 bits per heavy atom. The van der Waals surface area contributed by atoms with E-state index in [0.29, 0.717) is 0 Å². The van der Waals surface area contributed by atoms with Crippen molar-refractivity contribution in [1.82, 2.24) is 5.32 Å². The fraction of sp³-hybridized carbons (Fsp3) is 0.533. The highest BCUT2D eigenvalue weighted by atomic mass is 35.5. The van der Waals surface area contributed by atoms with Crippen LogP contribution in [0.25, 0.3) is 0 Å². The van der Waals surface area contributed by atoms with Crippen LogP contribution in [-0.2, 0) is 6.18 Å². The van der Waals surface area contributed by atoms with Crippen LogP contribution in [-0.4, -0.2) is 17.3 Å². The van der Waals surface area contributed by atoms with Crippen molar-refractivity contribution in [3.8, 4) is 0 Å². The quantitative estimate of drug-likeness (QED) is 0.636. The van der Waals surface area contributed by atoms with Crippen molar-refractivity contribution >= 4 is 17.5 Å². The number of halogens is 4. The first kappa shape index (κ1) is 16.1. The fourth-order valence-corrected chi connectivity index (χ4v) is 2.83. The Balaban J connectivity index is 2.02. The third kappa shape index (κ3) is 4.37. The molecule has 1 saturated carbocycles. The van der Waals surface area contributed by atoms with Crippen LogP contribution >= 0.6 is 11.6 Å². The van der Waals surface area contributed by atoms with Gasteiger partial charge in [0.2, 0.25) is 0 Å². The zero-order valence-corrected chi connectivity index (χ0v) is 12.2. The molecular formula is C15H17ClF3NO. The van der Waals surface area contributed by atoms with Gasteiger partial charge in [-0.25, -0.2) is 0 Å². The maximum Gasteiger partial charge on any atom is 0.416 e. The lowest BCUT2D eigenvalue weighted by Crippen LogP contribution is -2.40. The Morgan fingerprint density at radius 1 is 1.10 bits per heavy atom. The molecule has 0 heterocycles. The number of carbonyl (C=O) groups is 1. The van der Waals surface area contributed by atoms with Gasteiger partial charge in [-0.3, -0.25) is 4.79 Å². The van der Waals surface area contributed by atoms with Crippen molar-refractivity contribution in [1.29, 1.82) is 0 Å². The summed E-state index contributed by atoms with van der Waals surface area (Å²) in [4.78, 5) is 12.1. The largest absolute Gasteiger partial charge is 0.416 e. The number of alkyl halides is 4. The molecule has 1 amide bonds. The molecule has 0 bridgehead atoms. The summed E-state index contributed by atoms with van der Waals surface area (Å²) in [6.45, 7) is 0. The number of carbonyl (C=O) groups excluding carboxylic acids is 1. The van der Waals surface area contributed by atoms with E-state index in [2.05, 4.69) is 5.32 Å². The maximum absolute atomic E-state index is 12.5. The van der Waals surface area contributed by atoms with E-state index in [-0.39, 0.29) is 22.9 Å². The van der Waals surface area contributed by atoms with Crippen molar-refractivity contribution < 1.29 is 18.0 Å². The lowest BCUT2D eigenvalue weighted by atomic mass is 10.1. The van der Waals surface area contributed by atoms with Gasteiger partial charge in [-0.2, -0.15) is 13.2 Å². The third-order valence-electron chi connectivity index (χ3n) is 3.72. The molecule has 2 rings (SSSR count). The van der Waals surface area contributed by atoms with E-state index >= 15 is 0 Å². The standard InChI is InChI=1S/C15H17ClF3NO/c16-12-4-2-1-3-5-13(12)20-14(21)10-6-8-11(9-7-10)15(17,18)19/h6-9,12-13H,1-5H2,(H,20,21). The first-order valence-electron chi connectivity index (χ1n) is 7.00. The molecule has 2 nitrogen and oxygen atoms in total. The molecule has 1 aromatic rings. The van der Waals surface area contributed by atoms with E-state index in [9.17, 15) is 18.0 Å². The number of amides is 1. The van der Waals surface area contributed by atoms with Crippen molar-refractivity contribution in [2.24, 2.45) is 0 Å². The number of benzene rings is 1. The molecule has 0 saturated heterocycles. The average Bonchev–Trinajstić information content (AvgIpc) is 2.63. The predicted octanol–water partition coefficient (Wildman–Crippen LogP) is 4.38. The van der Waals surface area contributed by atoms with Gasteiger partial charge >= 0.3 is 6.18 Å². The van der Waals surface area contributed by atoms with E-state index in [1.165, 1.54) is 12.1 Å². The maximum atomic E-state index is 12.5. The second kappa shape index (κ2) is 6.69. The Labute approximate surface area is 126 Å². The van der Waals surface area contributed by atoms with E-state index in [1.807, 2.05) is 0 Å². The lowest BCUT2D eigenvalue weighted by Gasteiger charge is -2.21. The summed E-state index contributed by atoms with van der Waals surface area (Å²) in [5.74, 6) is -0.374. The minimum atomic E-state index is -4.39. The van der Waals surface area contributed by atoms with Crippen LogP contribution in [0.15, 0.2) is 24.3 Å². The molecule has 0 aliphatic heterocycles. The van der Waals surface area contributed by atoms with Crippen molar-refractivity contribution in [2.45, 2.75) is 49.7 Å². The normalized spacial score (nSPS) is 23.4. The van der Waals surface area contributed by atoms with E-state index in [1.54, 1.807) is 0 Å². The zero-order chi connectivity index (χ0) is 15.5. The Morgan fingerprint density at radius 3 is 2.33 bits per heavy atom. The molecule has 2 unspecified atom stereocenters. The van der Waals surface area contributed by atoms with Crippen LogP contribution < -0.4 is 5.32 Å². The van der Waals surface area contributed by atoms with Gasteiger partial charge in [-0.15, -0.1) is 11.6 Å². The summed E-state index contributed by atoms with van der Waals surface area (Å²) in [7, 11) is 0. The minimum Gasteiger partial charge on any atom is -0.348 e. The molecule has 21 heavy (non-hydrogen) atoms. The van der Waals surface area contributed by atoms with Gasteiger partial charge in [0.05, 0.1) is 10.9 Å². The van der Waals surface area contributed by atoms with Gasteiger partial charge in [0.15, 0.2) is 0 Å². The highest BCUT2D eigenvalue weighted by Crippen LogP contribution is 2.29. The van der Waals surface area contributed by atoms with E-state index in [0.717, 1.165) is 44.2 Å². The molecule has 1 aliphatic carbocycles. The Bertz CT molecular complexity index is 487. The summed E-state index contributed by atoms with van der Waals surface area (Å²) in [5, 5.41) is 2.71. The van der Waals surface area contributed by atoms with Crippen LogP contribution in [0, 0.1) is 0 Å². The third-order valence-corrected chi connectivity index (χ3v) is 4.24. The Hall–Kier alpha value is -1.23. The van der Waals surface area contributed by atoms with Gasteiger partial charge in [0.1, 0.15) is 0 Å². The summed E-state index contributed by atoms with van der Waals surface area (Å²) in [6.07, 6.45) is 0.398. The second-order valence-corrected chi connectivity index (χ2v) is 5.87. The number of hydrogen-bond donors (Lipinski definition) is 1. The van der Waals surface area contributed by atoms with Gasteiger partial charge < -0.3 is 5.32 Å². The molecule has 2 atom stereocenters. The summed E-state index contributed by atoms with van der Waals surface area (Å²) in [5.41, 5.74) is -0.542. The fourth-order valence-electron chi connectivity index (χ4n) is 2.49. The summed E-state index contributed by atoms with van der Waals surface area (Å²) < 4.78 is 37.4. The van der Waals surface area contributed by atoms with Crippen LogP contribution in [0.5, 0.6) is 0 Å². The number of hydrogen-bond acceptors (Lipinski definition) is 1. The minimum absolute atomic E-state index is 0.120. The van der Waals surface area contributed by atoms with Crippen molar-refractivity contribution in [3.63, 3.8) is 0 Å². The van der Waals surface area contributed by atoms with Crippen molar-refractivity contribution in [3.05, 3.63) is 35.4 Å². The smallest absolute Gasteiger partial charge is 0.348 e. The molecule has 0 radical (unpaired) electrons. The topological polar surface area (TPSA) is 29.1 Å². The molecule has 1 aliphatic rings. The summed E-state index contributed by atoms with van der Waals surface area (Å²) >= 11 is 6.24. The highest BCUT2D eigenvalue weighted by Gasteiger charge is 2.30. The zero-order valence-electron chi connectivity index (χ0n) is 11.4. The molecule has 0 aromatic heterocycles. The van der Waals surface area contributed by atoms with Crippen molar-refractivity contribution in [2.75, 3.05) is 0 Å². The molecular weight excluding hydrogens is 303 g/mol. The average molecular weight is 320 g/mol. The highest BCUT2D eigenvalue weighted by molar-refractivity contribution is 6.21. The first-order valence-corrected chi connectivity index (χ1v) is 7.44. The SMILES string of the molecule is O=C(NC1CCCCCC1Cl)c1ccc(C(F)(F)F)cc1. The Kier molecular flexibility index (Phi) is 5.14. The van der Waals surface area contributed by atoms with E-state index in [4.69, 9.17) is 11.6 Å². The van der Waals surface area contributed by atoms with Gasteiger partial charge in [0.25, 0.3) is 5.91 Å². The molecule has 0 spiro atoms.